The van der Waals surface area contributed by atoms with E-state index < -0.39 is 6.16 Å². The zero-order valence-electron chi connectivity index (χ0n) is 10.3. The SMILES string of the molecule is O=Cc1cccc(OC(=O)Oc2cccc(C=O)c2)c1. The maximum atomic E-state index is 11.6. The second-order valence-electron chi connectivity index (χ2n) is 3.83. The monoisotopic (exact) mass is 270 g/mol. The molecule has 2 rings (SSSR count). The molecule has 0 radical (unpaired) electrons. The molecule has 0 heterocycles. The van der Waals surface area contributed by atoms with Crippen molar-refractivity contribution in [3.63, 3.8) is 0 Å². The van der Waals surface area contributed by atoms with Crippen LogP contribution >= 0.6 is 0 Å². The lowest BCUT2D eigenvalue weighted by Gasteiger charge is -2.06. The van der Waals surface area contributed by atoms with Gasteiger partial charge < -0.3 is 9.47 Å². The summed E-state index contributed by atoms with van der Waals surface area (Å²) in [7, 11) is 0. The van der Waals surface area contributed by atoms with Crippen molar-refractivity contribution < 1.29 is 23.9 Å². The van der Waals surface area contributed by atoms with Gasteiger partial charge in [0.1, 0.15) is 24.1 Å². The van der Waals surface area contributed by atoms with Crippen LogP contribution in [0.25, 0.3) is 0 Å². The van der Waals surface area contributed by atoms with E-state index in [0.717, 1.165) is 0 Å². The lowest BCUT2D eigenvalue weighted by atomic mass is 10.2. The zero-order chi connectivity index (χ0) is 14.4. The maximum Gasteiger partial charge on any atom is 0.519 e. The fourth-order valence-corrected chi connectivity index (χ4v) is 1.52. The van der Waals surface area contributed by atoms with E-state index in [0.29, 0.717) is 23.7 Å². The van der Waals surface area contributed by atoms with Crippen LogP contribution in [0.4, 0.5) is 4.79 Å². The summed E-state index contributed by atoms with van der Waals surface area (Å²) < 4.78 is 9.85. The summed E-state index contributed by atoms with van der Waals surface area (Å²) in [5, 5.41) is 0. The Morgan fingerprint density at radius 2 is 1.25 bits per heavy atom. The van der Waals surface area contributed by atoms with Gasteiger partial charge in [-0.2, -0.15) is 0 Å². The zero-order valence-corrected chi connectivity index (χ0v) is 10.3. The van der Waals surface area contributed by atoms with Crippen LogP contribution in [0, 0.1) is 0 Å². The lowest BCUT2D eigenvalue weighted by molar-refractivity contribution is 0.111. The molecule has 5 heteroatoms. The number of rotatable bonds is 4. The van der Waals surface area contributed by atoms with E-state index in [1.54, 1.807) is 24.3 Å². The summed E-state index contributed by atoms with van der Waals surface area (Å²) in [5.74, 6) is 0.400. The molecule has 20 heavy (non-hydrogen) atoms. The highest BCUT2D eigenvalue weighted by atomic mass is 16.7. The van der Waals surface area contributed by atoms with Crippen LogP contribution < -0.4 is 9.47 Å². The van der Waals surface area contributed by atoms with Crippen LogP contribution in [0.5, 0.6) is 11.5 Å². The standard InChI is InChI=1S/C15H10O5/c16-9-11-3-1-5-13(7-11)19-15(18)20-14-6-2-4-12(8-14)10-17/h1-10H. The number of hydrogen-bond donors (Lipinski definition) is 0. The third-order valence-corrected chi connectivity index (χ3v) is 2.39. The average Bonchev–Trinajstić information content (AvgIpc) is 2.47. The summed E-state index contributed by atoms with van der Waals surface area (Å²) >= 11 is 0. The molecule has 2 aromatic rings. The van der Waals surface area contributed by atoms with Crippen molar-refractivity contribution in [1.29, 1.82) is 0 Å². The van der Waals surface area contributed by atoms with Crippen molar-refractivity contribution in [2.75, 3.05) is 0 Å². The number of aldehydes is 2. The van der Waals surface area contributed by atoms with Gasteiger partial charge >= 0.3 is 6.16 Å². The van der Waals surface area contributed by atoms with Gasteiger partial charge in [-0.15, -0.1) is 0 Å². The molecule has 5 nitrogen and oxygen atoms in total. The minimum Gasteiger partial charge on any atom is -0.395 e. The Balaban J connectivity index is 2.04. The van der Waals surface area contributed by atoms with E-state index in [4.69, 9.17) is 9.47 Å². The molecule has 0 amide bonds. The van der Waals surface area contributed by atoms with Gasteiger partial charge in [0.05, 0.1) is 0 Å². The lowest BCUT2D eigenvalue weighted by Crippen LogP contribution is -2.13. The highest BCUT2D eigenvalue weighted by molar-refractivity contribution is 5.77. The minimum absolute atomic E-state index is 0.200. The Morgan fingerprint density at radius 1 is 0.800 bits per heavy atom. The fourth-order valence-electron chi connectivity index (χ4n) is 1.52. The summed E-state index contributed by atoms with van der Waals surface area (Å²) in [5.41, 5.74) is 0.775. The van der Waals surface area contributed by atoms with Crippen LogP contribution in [0.15, 0.2) is 48.5 Å². The number of hydrogen-bond acceptors (Lipinski definition) is 5. The molecule has 0 aliphatic heterocycles. The quantitative estimate of drug-likeness (QED) is 0.485. The van der Waals surface area contributed by atoms with Crippen molar-refractivity contribution in [2.45, 2.75) is 0 Å². The van der Waals surface area contributed by atoms with Crippen molar-refractivity contribution >= 4 is 18.7 Å². The number of ether oxygens (including phenoxy) is 2. The molecular formula is C15H10O5. The van der Waals surface area contributed by atoms with Gasteiger partial charge in [-0.25, -0.2) is 4.79 Å². The van der Waals surface area contributed by atoms with Gasteiger partial charge in [0, 0.05) is 11.1 Å². The summed E-state index contributed by atoms with van der Waals surface area (Å²) in [4.78, 5) is 32.8. The average molecular weight is 270 g/mol. The highest BCUT2D eigenvalue weighted by Gasteiger charge is 2.08. The minimum atomic E-state index is -0.948. The Morgan fingerprint density at radius 3 is 1.65 bits per heavy atom. The van der Waals surface area contributed by atoms with Gasteiger partial charge in [0.25, 0.3) is 0 Å². The van der Waals surface area contributed by atoms with Crippen molar-refractivity contribution in [3.8, 4) is 11.5 Å². The first kappa shape index (κ1) is 13.5. The van der Waals surface area contributed by atoms with Crippen LogP contribution in [0.2, 0.25) is 0 Å². The first-order chi connectivity index (χ1) is 9.71. The molecule has 0 aromatic heterocycles. The Hall–Kier alpha value is -2.95. The Labute approximate surface area is 114 Å². The topological polar surface area (TPSA) is 69.7 Å². The second-order valence-corrected chi connectivity index (χ2v) is 3.83. The van der Waals surface area contributed by atoms with Crippen molar-refractivity contribution in [1.82, 2.24) is 0 Å². The number of benzene rings is 2. The summed E-state index contributed by atoms with van der Waals surface area (Å²) in [6, 6.07) is 12.2. The Kier molecular flexibility index (Phi) is 4.24. The molecule has 0 fully saturated rings. The van der Waals surface area contributed by atoms with E-state index >= 15 is 0 Å². The van der Waals surface area contributed by atoms with Gasteiger partial charge in [-0.1, -0.05) is 24.3 Å². The van der Waals surface area contributed by atoms with Crippen LogP contribution in [0.1, 0.15) is 20.7 Å². The summed E-state index contributed by atoms with van der Waals surface area (Å²) in [6.45, 7) is 0. The molecule has 0 aliphatic carbocycles. The van der Waals surface area contributed by atoms with Gasteiger partial charge in [0.15, 0.2) is 0 Å². The largest absolute Gasteiger partial charge is 0.519 e. The van der Waals surface area contributed by atoms with E-state index in [2.05, 4.69) is 0 Å². The predicted molar refractivity (Wildman–Crippen MR) is 70.3 cm³/mol. The second kappa shape index (κ2) is 6.29. The molecule has 2 aromatic carbocycles. The Bertz CT molecular complexity index is 593. The molecule has 0 atom stereocenters. The van der Waals surface area contributed by atoms with Crippen LogP contribution in [-0.2, 0) is 0 Å². The van der Waals surface area contributed by atoms with Gasteiger partial charge in [-0.3, -0.25) is 9.59 Å². The number of carbonyl (C=O) groups is 3. The predicted octanol–water partition coefficient (Wildman–Crippen LogP) is 2.89. The molecule has 0 saturated carbocycles. The smallest absolute Gasteiger partial charge is 0.395 e. The van der Waals surface area contributed by atoms with E-state index in [9.17, 15) is 14.4 Å². The van der Waals surface area contributed by atoms with Crippen LogP contribution in [0.3, 0.4) is 0 Å². The first-order valence-electron chi connectivity index (χ1n) is 5.71. The van der Waals surface area contributed by atoms with Gasteiger partial charge in [0.2, 0.25) is 0 Å². The molecule has 100 valence electrons. The maximum absolute atomic E-state index is 11.6. The van der Waals surface area contributed by atoms with Gasteiger partial charge in [-0.05, 0) is 24.3 Å². The van der Waals surface area contributed by atoms with E-state index in [-0.39, 0.29) is 11.5 Å². The molecule has 0 spiro atoms. The van der Waals surface area contributed by atoms with Crippen molar-refractivity contribution in [3.05, 3.63) is 59.7 Å². The third kappa shape index (κ3) is 3.52. The van der Waals surface area contributed by atoms with E-state index in [1.165, 1.54) is 24.3 Å². The molecular weight excluding hydrogens is 260 g/mol. The summed E-state index contributed by atoms with van der Waals surface area (Å²) in [6.07, 6.45) is 0.341. The highest BCUT2D eigenvalue weighted by Crippen LogP contribution is 2.16. The molecule has 0 N–H and O–H groups in total. The third-order valence-electron chi connectivity index (χ3n) is 2.39. The molecule has 0 aliphatic rings. The number of carbonyl (C=O) groups excluding carboxylic acids is 3. The van der Waals surface area contributed by atoms with Crippen LogP contribution in [-0.4, -0.2) is 18.7 Å². The molecule has 0 saturated heterocycles. The van der Waals surface area contributed by atoms with Crippen molar-refractivity contribution in [2.24, 2.45) is 0 Å². The van der Waals surface area contributed by atoms with E-state index in [1.807, 2.05) is 0 Å². The molecule has 0 bridgehead atoms. The first-order valence-corrected chi connectivity index (χ1v) is 5.71. The molecule has 0 unspecified atom stereocenters. The fraction of sp³-hybridized carbons (Fsp3) is 0. The normalized spacial score (nSPS) is 9.60.